The average molecular weight is 442 g/mol. The molecule has 174 valence electrons. The summed E-state index contributed by atoms with van der Waals surface area (Å²) in [5.41, 5.74) is 0.902. The molecule has 2 aliphatic rings. The molecule has 1 aliphatic carbocycles. The van der Waals surface area contributed by atoms with Crippen molar-refractivity contribution < 1.29 is 14.1 Å². The number of piperazine rings is 1. The number of amides is 1. The first-order chi connectivity index (χ1) is 15.6. The van der Waals surface area contributed by atoms with Crippen molar-refractivity contribution in [3.8, 4) is 17.1 Å². The molecule has 0 spiro atoms. The molecule has 4 rings (SSSR count). The number of hydrogen-bond acceptors (Lipinski definition) is 7. The zero-order chi connectivity index (χ0) is 22.3. The van der Waals surface area contributed by atoms with Gasteiger partial charge in [-0.2, -0.15) is 4.98 Å². The third-order valence-corrected chi connectivity index (χ3v) is 6.80. The van der Waals surface area contributed by atoms with Crippen LogP contribution in [-0.4, -0.2) is 71.7 Å². The van der Waals surface area contributed by atoms with E-state index in [2.05, 4.69) is 25.3 Å². The Morgan fingerprint density at radius 2 is 1.88 bits per heavy atom. The van der Waals surface area contributed by atoms with Crippen molar-refractivity contribution in [2.75, 3.05) is 39.8 Å². The van der Waals surface area contributed by atoms with Crippen LogP contribution in [0.5, 0.6) is 5.75 Å². The van der Waals surface area contributed by atoms with Gasteiger partial charge in [0.15, 0.2) is 0 Å². The smallest absolute Gasteiger partial charge is 0.241 e. The lowest BCUT2D eigenvalue weighted by Gasteiger charge is -2.37. The monoisotopic (exact) mass is 441 g/mol. The zero-order valence-electron chi connectivity index (χ0n) is 19.3. The van der Waals surface area contributed by atoms with Crippen LogP contribution in [0.1, 0.15) is 44.9 Å². The summed E-state index contributed by atoms with van der Waals surface area (Å²) in [5, 5.41) is 7.31. The van der Waals surface area contributed by atoms with E-state index >= 15 is 0 Å². The summed E-state index contributed by atoms with van der Waals surface area (Å²) >= 11 is 0. The second-order valence-corrected chi connectivity index (χ2v) is 8.98. The number of hydrogen-bond donors (Lipinski definition) is 1. The van der Waals surface area contributed by atoms with Crippen LogP contribution in [0.2, 0.25) is 0 Å². The molecule has 1 saturated heterocycles. The highest BCUT2D eigenvalue weighted by atomic mass is 16.5. The third kappa shape index (κ3) is 5.86. The summed E-state index contributed by atoms with van der Waals surface area (Å²) in [6, 6.07) is 7.53. The molecule has 8 heteroatoms. The van der Waals surface area contributed by atoms with E-state index in [1.807, 2.05) is 31.2 Å². The maximum atomic E-state index is 12.6. The van der Waals surface area contributed by atoms with Crippen molar-refractivity contribution in [3.05, 3.63) is 30.2 Å². The molecule has 1 aromatic carbocycles. The number of benzene rings is 1. The van der Waals surface area contributed by atoms with E-state index in [-0.39, 0.29) is 11.9 Å². The average Bonchev–Trinajstić information content (AvgIpc) is 3.31. The Bertz CT molecular complexity index is 855. The van der Waals surface area contributed by atoms with Gasteiger partial charge in [0.1, 0.15) is 5.75 Å². The molecule has 2 aromatic rings. The fraction of sp³-hybridized carbons (Fsp3) is 0.625. The standard InChI is InChI=1S/C24H35N5O3/c1-18(24(30)25-16-19-6-4-3-5-7-19)29-14-12-28(13-15-29)17-22-26-23(27-32-22)20-8-10-21(31-2)11-9-20/h8-11,18-19H,3-7,12-17H2,1-2H3,(H,25,30). The van der Waals surface area contributed by atoms with Gasteiger partial charge in [-0.1, -0.05) is 24.4 Å². The van der Waals surface area contributed by atoms with E-state index in [9.17, 15) is 4.79 Å². The van der Waals surface area contributed by atoms with Crippen LogP contribution in [0.4, 0.5) is 0 Å². The van der Waals surface area contributed by atoms with E-state index in [4.69, 9.17) is 9.26 Å². The van der Waals surface area contributed by atoms with Crippen molar-refractivity contribution in [2.24, 2.45) is 5.92 Å². The van der Waals surface area contributed by atoms with Crippen LogP contribution >= 0.6 is 0 Å². The largest absolute Gasteiger partial charge is 0.497 e. The molecular weight excluding hydrogens is 406 g/mol. The van der Waals surface area contributed by atoms with E-state index in [0.717, 1.165) is 44.0 Å². The molecule has 0 radical (unpaired) electrons. The molecule has 1 aliphatic heterocycles. The lowest BCUT2D eigenvalue weighted by atomic mass is 9.89. The highest BCUT2D eigenvalue weighted by Gasteiger charge is 2.27. The minimum Gasteiger partial charge on any atom is -0.497 e. The molecule has 1 N–H and O–H groups in total. The quantitative estimate of drug-likeness (QED) is 0.674. The predicted octanol–water partition coefficient (Wildman–Crippen LogP) is 2.95. The summed E-state index contributed by atoms with van der Waals surface area (Å²) in [6.45, 7) is 6.94. The van der Waals surface area contributed by atoms with Crippen molar-refractivity contribution in [1.82, 2.24) is 25.3 Å². The summed E-state index contributed by atoms with van der Waals surface area (Å²) in [7, 11) is 1.64. The van der Waals surface area contributed by atoms with E-state index in [0.29, 0.717) is 24.2 Å². The molecule has 2 heterocycles. The Kier molecular flexibility index (Phi) is 7.76. The van der Waals surface area contributed by atoms with Crippen molar-refractivity contribution >= 4 is 5.91 Å². The Morgan fingerprint density at radius 3 is 2.56 bits per heavy atom. The lowest BCUT2D eigenvalue weighted by Crippen LogP contribution is -2.54. The summed E-state index contributed by atoms with van der Waals surface area (Å²) < 4.78 is 10.7. The molecule has 1 aromatic heterocycles. The first-order valence-electron chi connectivity index (χ1n) is 11.8. The summed E-state index contributed by atoms with van der Waals surface area (Å²) in [6.07, 6.45) is 6.46. The van der Waals surface area contributed by atoms with Crippen LogP contribution in [0, 0.1) is 5.92 Å². The molecule has 1 amide bonds. The number of carbonyl (C=O) groups excluding carboxylic acids is 1. The van der Waals surface area contributed by atoms with Crippen molar-refractivity contribution in [3.63, 3.8) is 0 Å². The highest BCUT2D eigenvalue weighted by Crippen LogP contribution is 2.23. The van der Waals surface area contributed by atoms with E-state index in [1.165, 1.54) is 32.1 Å². The fourth-order valence-electron chi connectivity index (χ4n) is 4.63. The van der Waals surface area contributed by atoms with Gasteiger partial charge in [-0.25, -0.2) is 0 Å². The van der Waals surface area contributed by atoms with Crippen LogP contribution in [0.25, 0.3) is 11.4 Å². The van der Waals surface area contributed by atoms with Gasteiger partial charge >= 0.3 is 0 Å². The van der Waals surface area contributed by atoms with Gasteiger partial charge in [0.2, 0.25) is 17.6 Å². The van der Waals surface area contributed by atoms with Crippen LogP contribution in [0.3, 0.4) is 0 Å². The molecule has 8 nitrogen and oxygen atoms in total. The minimum atomic E-state index is -0.0918. The minimum absolute atomic E-state index is 0.0918. The molecule has 1 atom stereocenters. The molecule has 32 heavy (non-hydrogen) atoms. The maximum absolute atomic E-state index is 12.6. The first kappa shape index (κ1) is 22.7. The second kappa shape index (κ2) is 10.9. The van der Waals surface area contributed by atoms with Crippen molar-refractivity contribution in [2.45, 2.75) is 51.6 Å². The Balaban J connectivity index is 1.21. The summed E-state index contributed by atoms with van der Waals surface area (Å²) in [5.74, 6) is 2.82. The number of aromatic nitrogens is 2. The topological polar surface area (TPSA) is 83.7 Å². The first-order valence-corrected chi connectivity index (χ1v) is 11.8. The molecule has 2 fully saturated rings. The van der Waals surface area contributed by atoms with Gasteiger partial charge in [0.25, 0.3) is 0 Å². The summed E-state index contributed by atoms with van der Waals surface area (Å²) in [4.78, 5) is 21.7. The van der Waals surface area contributed by atoms with Crippen LogP contribution in [-0.2, 0) is 11.3 Å². The van der Waals surface area contributed by atoms with Crippen LogP contribution in [0.15, 0.2) is 28.8 Å². The maximum Gasteiger partial charge on any atom is 0.241 e. The SMILES string of the molecule is COc1ccc(-c2noc(CN3CCN(C(C)C(=O)NCC4CCCCC4)CC3)n2)cc1. The number of nitrogens with zero attached hydrogens (tertiary/aromatic N) is 4. The Morgan fingerprint density at radius 1 is 1.16 bits per heavy atom. The fourth-order valence-corrected chi connectivity index (χ4v) is 4.63. The third-order valence-electron chi connectivity index (χ3n) is 6.80. The van der Waals surface area contributed by atoms with Gasteiger partial charge in [-0.05, 0) is 49.9 Å². The molecular formula is C24H35N5O3. The second-order valence-electron chi connectivity index (χ2n) is 8.98. The van der Waals surface area contributed by atoms with E-state index in [1.54, 1.807) is 7.11 Å². The number of nitrogens with one attached hydrogen (secondary N) is 1. The molecule has 1 saturated carbocycles. The van der Waals surface area contributed by atoms with E-state index < -0.39 is 0 Å². The Labute approximate surface area is 190 Å². The molecule has 0 bridgehead atoms. The predicted molar refractivity (Wildman–Crippen MR) is 122 cm³/mol. The van der Waals surface area contributed by atoms with Gasteiger partial charge in [-0.3, -0.25) is 14.6 Å². The van der Waals surface area contributed by atoms with Gasteiger partial charge in [-0.15, -0.1) is 0 Å². The lowest BCUT2D eigenvalue weighted by molar-refractivity contribution is -0.126. The number of rotatable bonds is 8. The number of ether oxygens (including phenoxy) is 1. The van der Waals surface area contributed by atoms with Crippen molar-refractivity contribution in [1.29, 1.82) is 0 Å². The van der Waals surface area contributed by atoms with Crippen LogP contribution < -0.4 is 10.1 Å². The molecule has 1 unspecified atom stereocenters. The van der Waals surface area contributed by atoms with Gasteiger partial charge in [0.05, 0.1) is 19.7 Å². The number of carbonyl (C=O) groups is 1. The van der Waals surface area contributed by atoms with Gasteiger partial charge in [0, 0.05) is 38.3 Å². The highest BCUT2D eigenvalue weighted by molar-refractivity contribution is 5.81. The zero-order valence-corrected chi connectivity index (χ0v) is 19.3. The Hall–Kier alpha value is -2.45. The normalized spacial score (nSPS) is 19.6. The number of methoxy groups -OCH3 is 1. The van der Waals surface area contributed by atoms with Gasteiger partial charge < -0.3 is 14.6 Å².